The van der Waals surface area contributed by atoms with Crippen LogP contribution in [0.5, 0.6) is 11.5 Å². The van der Waals surface area contributed by atoms with Crippen molar-refractivity contribution in [3.8, 4) is 17.6 Å². The quantitative estimate of drug-likeness (QED) is 0.335. The first-order chi connectivity index (χ1) is 16.6. The molecule has 2 heterocycles. The van der Waals surface area contributed by atoms with Crippen molar-refractivity contribution in [1.82, 2.24) is 0 Å². The third kappa shape index (κ3) is 4.20. The average Bonchev–Trinajstić information content (AvgIpc) is 3.51. The van der Waals surface area contributed by atoms with Crippen molar-refractivity contribution >= 4 is 8.32 Å². The van der Waals surface area contributed by atoms with Gasteiger partial charge in [-0.25, -0.2) is 0 Å². The first-order valence-electron chi connectivity index (χ1n) is 12.8. The van der Waals surface area contributed by atoms with Crippen LogP contribution in [0.15, 0.2) is 35.1 Å². The predicted octanol–water partition coefficient (Wildman–Crippen LogP) is 6.84. The highest BCUT2D eigenvalue weighted by molar-refractivity contribution is 6.78. The lowest BCUT2D eigenvalue weighted by Crippen LogP contribution is -2.51. The van der Waals surface area contributed by atoms with Gasteiger partial charge >= 0.3 is 0 Å². The van der Waals surface area contributed by atoms with E-state index in [-0.39, 0.29) is 0 Å². The van der Waals surface area contributed by atoms with Crippen molar-refractivity contribution in [1.29, 1.82) is 5.26 Å². The number of fused-ring (bicyclic) bond motifs is 1. The van der Waals surface area contributed by atoms with Crippen molar-refractivity contribution in [2.45, 2.75) is 88.6 Å². The minimum atomic E-state index is -2.19. The number of methoxy groups -OCH3 is 1. The molecule has 2 aromatic rings. The normalized spacial score (nSPS) is 21.2. The molecule has 7 heteroatoms. The second kappa shape index (κ2) is 9.65. The molecule has 6 nitrogen and oxygen atoms in total. The Labute approximate surface area is 210 Å². The van der Waals surface area contributed by atoms with E-state index in [0.717, 1.165) is 28.2 Å². The third-order valence-electron chi connectivity index (χ3n) is 8.20. The van der Waals surface area contributed by atoms with Gasteiger partial charge in [0.2, 0.25) is 0 Å². The van der Waals surface area contributed by atoms with Gasteiger partial charge in [-0.3, -0.25) is 0 Å². The zero-order valence-electron chi connectivity index (χ0n) is 22.1. The highest BCUT2D eigenvalue weighted by Crippen LogP contribution is 2.52. The molecule has 1 unspecified atom stereocenters. The van der Waals surface area contributed by atoms with E-state index < -0.39 is 19.5 Å². The van der Waals surface area contributed by atoms with Gasteiger partial charge in [0.1, 0.15) is 5.75 Å². The van der Waals surface area contributed by atoms with E-state index in [2.05, 4.69) is 59.7 Å². The van der Waals surface area contributed by atoms with E-state index in [4.69, 9.17) is 23.1 Å². The van der Waals surface area contributed by atoms with Crippen molar-refractivity contribution < 1.29 is 23.1 Å². The van der Waals surface area contributed by atoms with Gasteiger partial charge in [0, 0.05) is 12.0 Å². The maximum atomic E-state index is 10.4. The lowest BCUT2D eigenvalue weighted by atomic mass is 9.62. The fourth-order valence-electron chi connectivity index (χ4n) is 6.44. The molecular weight excluding hydrogens is 458 g/mol. The Morgan fingerprint density at radius 1 is 1.00 bits per heavy atom. The van der Waals surface area contributed by atoms with Crippen LogP contribution in [-0.2, 0) is 27.1 Å². The standard InChI is InChI=1S/C28H39NO5Si/c1-19(2)35(20(3)4,21(5)6)34-26-15-24-22(14-25(26)30-7)16-27(24,18-29)9-10-28(32-12-13-33-28)23-8-11-31-17-23/h8,11,14-15,17,19-21H,9-10,12-13,16H2,1-7H3. The molecule has 190 valence electrons. The van der Waals surface area contributed by atoms with E-state index in [1.54, 1.807) is 19.6 Å². The molecule has 0 saturated carbocycles. The Morgan fingerprint density at radius 3 is 2.17 bits per heavy atom. The molecule has 1 aromatic carbocycles. The van der Waals surface area contributed by atoms with Crippen LogP contribution in [0.4, 0.5) is 0 Å². The van der Waals surface area contributed by atoms with Gasteiger partial charge in [-0.1, -0.05) is 41.5 Å². The van der Waals surface area contributed by atoms with Crippen molar-refractivity contribution in [2.24, 2.45) is 0 Å². The van der Waals surface area contributed by atoms with Gasteiger partial charge < -0.3 is 23.1 Å². The molecule has 1 atom stereocenters. The number of furan rings is 1. The molecule has 35 heavy (non-hydrogen) atoms. The van der Waals surface area contributed by atoms with Gasteiger partial charge in [0.15, 0.2) is 11.5 Å². The summed E-state index contributed by atoms with van der Waals surface area (Å²) in [5.41, 5.74) is 3.75. The van der Waals surface area contributed by atoms with Crippen LogP contribution < -0.4 is 9.16 Å². The van der Waals surface area contributed by atoms with E-state index in [0.29, 0.717) is 49.1 Å². The summed E-state index contributed by atoms with van der Waals surface area (Å²) in [5.74, 6) is 0.672. The van der Waals surface area contributed by atoms with Crippen LogP contribution in [-0.4, -0.2) is 28.6 Å². The molecule has 0 radical (unpaired) electrons. The molecule has 2 aliphatic rings. The maximum Gasteiger partial charge on any atom is 0.258 e. The molecule has 1 saturated heterocycles. The van der Waals surface area contributed by atoms with Gasteiger partial charge in [0.25, 0.3) is 8.32 Å². The summed E-state index contributed by atoms with van der Waals surface area (Å²) in [6, 6.07) is 8.66. The topological polar surface area (TPSA) is 73.9 Å². The zero-order valence-corrected chi connectivity index (χ0v) is 23.1. The summed E-state index contributed by atoms with van der Waals surface area (Å²) in [4.78, 5) is 0. The van der Waals surface area contributed by atoms with Crippen LogP contribution in [0.3, 0.4) is 0 Å². The summed E-state index contributed by atoms with van der Waals surface area (Å²) in [5, 5.41) is 10.4. The number of nitriles is 1. The molecule has 0 amide bonds. The van der Waals surface area contributed by atoms with Gasteiger partial charge in [0.05, 0.1) is 44.3 Å². The minimum Gasteiger partial charge on any atom is -0.540 e. The fourth-order valence-corrected chi connectivity index (χ4v) is 11.7. The zero-order chi connectivity index (χ0) is 25.4. The first kappa shape index (κ1) is 25.8. The predicted molar refractivity (Wildman–Crippen MR) is 137 cm³/mol. The summed E-state index contributed by atoms with van der Waals surface area (Å²) in [6.07, 6.45) is 5.17. The summed E-state index contributed by atoms with van der Waals surface area (Å²) >= 11 is 0. The highest BCUT2D eigenvalue weighted by atomic mass is 28.4. The highest BCUT2D eigenvalue weighted by Gasteiger charge is 2.50. The first-order valence-corrected chi connectivity index (χ1v) is 14.9. The third-order valence-corrected chi connectivity index (χ3v) is 14.2. The average molecular weight is 498 g/mol. The Balaban J connectivity index is 1.67. The van der Waals surface area contributed by atoms with Crippen LogP contribution in [0.1, 0.15) is 71.1 Å². The summed E-state index contributed by atoms with van der Waals surface area (Å²) in [7, 11) is -0.498. The Hall–Kier alpha value is -2.27. The van der Waals surface area contributed by atoms with Crippen molar-refractivity contribution in [3.63, 3.8) is 0 Å². The van der Waals surface area contributed by atoms with Crippen LogP contribution in [0, 0.1) is 11.3 Å². The Morgan fingerprint density at radius 2 is 1.66 bits per heavy atom. The Bertz CT molecular complexity index is 1040. The smallest absolute Gasteiger partial charge is 0.258 e. The van der Waals surface area contributed by atoms with Crippen molar-refractivity contribution in [3.05, 3.63) is 47.4 Å². The number of ether oxygens (including phenoxy) is 3. The van der Waals surface area contributed by atoms with Crippen LogP contribution in [0.2, 0.25) is 16.6 Å². The molecule has 4 rings (SSSR count). The summed E-state index contributed by atoms with van der Waals surface area (Å²) < 4.78 is 30.2. The SMILES string of the molecule is COc1cc2c(cc1O[Si](C(C)C)(C(C)C)C(C)C)C(C#N)(CCC1(c3ccoc3)OCCO1)C2. The molecule has 0 spiro atoms. The van der Waals surface area contributed by atoms with Gasteiger partial charge in [-0.05, 0) is 58.8 Å². The molecule has 0 N–H and O–H groups in total. The van der Waals surface area contributed by atoms with Gasteiger partial charge in [-0.2, -0.15) is 5.26 Å². The van der Waals surface area contributed by atoms with E-state index in [9.17, 15) is 5.26 Å². The molecular formula is C28H39NO5Si. The Kier molecular flexibility index (Phi) is 7.11. The molecule has 1 aliphatic carbocycles. The van der Waals surface area contributed by atoms with Gasteiger partial charge in [-0.15, -0.1) is 0 Å². The van der Waals surface area contributed by atoms with E-state index >= 15 is 0 Å². The lowest BCUT2D eigenvalue weighted by Gasteiger charge is -2.44. The van der Waals surface area contributed by atoms with E-state index in [1.807, 2.05) is 6.07 Å². The second-order valence-electron chi connectivity index (χ2n) is 10.9. The molecule has 1 aromatic heterocycles. The largest absolute Gasteiger partial charge is 0.540 e. The number of hydrogen-bond acceptors (Lipinski definition) is 6. The maximum absolute atomic E-state index is 10.4. The monoisotopic (exact) mass is 497 g/mol. The number of nitrogens with zero attached hydrogens (tertiary/aromatic N) is 1. The molecule has 1 fully saturated rings. The fraction of sp³-hybridized carbons (Fsp3) is 0.607. The minimum absolute atomic E-state index is 0.436. The number of hydrogen-bond donors (Lipinski definition) is 0. The van der Waals surface area contributed by atoms with Crippen LogP contribution >= 0.6 is 0 Å². The lowest BCUT2D eigenvalue weighted by molar-refractivity contribution is -0.173. The molecule has 0 bridgehead atoms. The van der Waals surface area contributed by atoms with E-state index in [1.165, 1.54) is 0 Å². The second-order valence-corrected chi connectivity index (χ2v) is 16.3. The van der Waals surface area contributed by atoms with Crippen molar-refractivity contribution in [2.75, 3.05) is 20.3 Å². The molecule has 1 aliphatic heterocycles. The van der Waals surface area contributed by atoms with Crippen LogP contribution in [0.25, 0.3) is 0 Å². The summed E-state index contributed by atoms with van der Waals surface area (Å²) in [6.45, 7) is 14.7. The number of benzene rings is 1. The number of rotatable bonds is 10.